The molecule has 0 radical (unpaired) electrons. The van der Waals surface area contributed by atoms with Crippen molar-refractivity contribution in [3.05, 3.63) is 62.5 Å². The largest absolute Gasteiger partial charge is 0.502 e. The number of pyridine rings is 1. The molecule has 5 rings (SSSR count). The third-order valence-electron chi connectivity index (χ3n) is 6.28. The molecule has 11 heteroatoms. The lowest BCUT2D eigenvalue weighted by Gasteiger charge is -2.50. The quantitative estimate of drug-likeness (QED) is 0.629. The van der Waals surface area contributed by atoms with Crippen LogP contribution < -0.4 is 10.4 Å². The summed E-state index contributed by atoms with van der Waals surface area (Å²) in [5.74, 6) is -2.42. The molecule has 172 valence electrons. The number of fused-ring (bicyclic) bond motifs is 3. The number of hydrogen-bond donors (Lipinski definition) is 1. The summed E-state index contributed by atoms with van der Waals surface area (Å²) in [4.78, 5) is 27.5. The van der Waals surface area contributed by atoms with Gasteiger partial charge in [0.05, 0.1) is 5.56 Å². The van der Waals surface area contributed by atoms with Crippen LogP contribution >= 0.6 is 11.3 Å². The van der Waals surface area contributed by atoms with Gasteiger partial charge in [0.25, 0.3) is 5.91 Å². The molecule has 1 fully saturated rings. The van der Waals surface area contributed by atoms with E-state index >= 15 is 0 Å². The molecule has 0 unspecified atom stereocenters. The number of nitrogens with zero attached hydrogens (tertiary/aromatic N) is 5. The van der Waals surface area contributed by atoms with Gasteiger partial charge in [-0.15, -0.1) is 10.2 Å². The van der Waals surface area contributed by atoms with Crippen LogP contribution in [0, 0.1) is 11.6 Å². The van der Waals surface area contributed by atoms with E-state index in [1.807, 2.05) is 11.9 Å². The molecule has 2 aliphatic rings. The van der Waals surface area contributed by atoms with Gasteiger partial charge in [0.15, 0.2) is 16.5 Å². The molecule has 1 saturated heterocycles. The maximum atomic E-state index is 14.0. The van der Waals surface area contributed by atoms with E-state index in [1.165, 1.54) is 18.3 Å². The number of aromatic hydroxyl groups is 1. The molecule has 2 atom stereocenters. The van der Waals surface area contributed by atoms with Crippen LogP contribution in [-0.2, 0) is 6.42 Å². The minimum Gasteiger partial charge on any atom is -0.502 e. The zero-order chi connectivity index (χ0) is 23.4. The van der Waals surface area contributed by atoms with E-state index in [9.17, 15) is 23.5 Å². The molecule has 0 saturated carbocycles. The fourth-order valence-electron chi connectivity index (χ4n) is 4.57. The molecule has 4 heterocycles. The molecule has 0 aliphatic carbocycles. The Labute approximate surface area is 191 Å². The summed E-state index contributed by atoms with van der Waals surface area (Å²) < 4.78 is 28.8. The van der Waals surface area contributed by atoms with Gasteiger partial charge in [-0.05, 0) is 37.8 Å². The van der Waals surface area contributed by atoms with E-state index in [1.54, 1.807) is 16.6 Å². The molecule has 0 spiro atoms. The lowest BCUT2D eigenvalue weighted by Crippen LogP contribution is -2.64. The summed E-state index contributed by atoms with van der Waals surface area (Å²) in [5, 5.41) is 21.5. The fraction of sp³-hybridized carbons (Fsp3) is 0.364. The lowest BCUT2D eigenvalue weighted by molar-refractivity contribution is 0.0561. The maximum absolute atomic E-state index is 14.0. The van der Waals surface area contributed by atoms with Crippen LogP contribution in [0.2, 0.25) is 0 Å². The number of rotatable bonds is 3. The van der Waals surface area contributed by atoms with Crippen molar-refractivity contribution in [1.82, 2.24) is 19.8 Å². The zero-order valence-electron chi connectivity index (χ0n) is 18.0. The zero-order valence-corrected chi connectivity index (χ0v) is 18.8. The van der Waals surface area contributed by atoms with E-state index < -0.39 is 28.7 Å². The molecule has 3 aromatic rings. The first-order valence-electron chi connectivity index (χ1n) is 10.6. The number of piperidine rings is 1. The van der Waals surface area contributed by atoms with Gasteiger partial charge in [-0.2, -0.15) is 0 Å². The number of hydrogen-bond acceptors (Lipinski definition) is 7. The summed E-state index contributed by atoms with van der Waals surface area (Å²) in [7, 11) is 1.67. The molecule has 1 N–H and O–H groups in total. The highest BCUT2D eigenvalue weighted by Gasteiger charge is 2.42. The molecular formula is C22H21F2N5O3S. The van der Waals surface area contributed by atoms with Crippen molar-refractivity contribution in [2.75, 3.05) is 12.1 Å². The van der Waals surface area contributed by atoms with Crippen LogP contribution in [0.1, 0.15) is 47.2 Å². The Kier molecular flexibility index (Phi) is 5.15. The Morgan fingerprint density at radius 1 is 1.21 bits per heavy atom. The highest BCUT2D eigenvalue weighted by atomic mass is 32.1. The van der Waals surface area contributed by atoms with Crippen molar-refractivity contribution >= 4 is 17.2 Å². The third kappa shape index (κ3) is 3.47. The topological polar surface area (TPSA) is 91.6 Å². The molecular weight excluding hydrogens is 452 g/mol. The molecule has 1 amide bonds. The van der Waals surface area contributed by atoms with Gasteiger partial charge in [0.1, 0.15) is 22.8 Å². The molecule has 0 bridgehead atoms. The molecule has 33 heavy (non-hydrogen) atoms. The fourth-order valence-corrected chi connectivity index (χ4v) is 5.44. The second-order valence-corrected chi connectivity index (χ2v) is 9.45. The summed E-state index contributed by atoms with van der Waals surface area (Å²) in [5.41, 5.74) is -0.438. The first kappa shape index (κ1) is 21.5. The molecule has 2 aromatic heterocycles. The maximum Gasteiger partial charge on any atom is 0.277 e. The van der Waals surface area contributed by atoms with Crippen molar-refractivity contribution in [1.29, 1.82) is 0 Å². The van der Waals surface area contributed by atoms with E-state index in [0.717, 1.165) is 36.7 Å². The van der Waals surface area contributed by atoms with Crippen molar-refractivity contribution in [3.63, 3.8) is 0 Å². The lowest BCUT2D eigenvalue weighted by atomic mass is 10.0. The molecule has 2 aliphatic heterocycles. The number of halogens is 2. The van der Waals surface area contributed by atoms with Crippen LogP contribution in [0.3, 0.4) is 0 Å². The van der Waals surface area contributed by atoms with Crippen LogP contribution in [0.5, 0.6) is 5.75 Å². The highest BCUT2D eigenvalue weighted by Crippen LogP contribution is 2.33. The van der Waals surface area contributed by atoms with Gasteiger partial charge in [-0.25, -0.2) is 8.78 Å². The van der Waals surface area contributed by atoms with Gasteiger partial charge in [-0.1, -0.05) is 17.4 Å². The summed E-state index contributed by atoms with van der Waals surface area (Å²) >= 11 is 1.08. The van der Waals surface area contributed by atoms with E-state index in [2.05, 4.69) is 10.2 Å². The third-order valence-corrected chi connectivity index (χ3v) is 7.24. The van der Waals surface area contributed by atoms with E-state index in [-0.39, 0.29) is 40.5 Å². The Morgan fingerprint density at radius 3 is 2.76 bits per heavy atom. The van der Waals surface area contributed by atoms with Gasteiger partial charge in [0.2, 0.25) is 5.43 Å². The van der Waals surface area contributed by atoms with Gasteiger partial charge in [0, 0.05) is 31.8 Å². The Balaban J connectivity index is 1.57. The first-order valence-corrected chi connectivity index (χ1v) is 11.4. The number of carbonyl (C=O) groups excluding carboxylic acids is 1. The molecule has 1 aromatic carbocycles. The Morgan fingerprint density at radius 2 is 2.00 bits per heavy atom. The molecule has 8 nitrogen and oxygen atoms in total. The van der Waals surface area contributed by atoms with Crippen molar-refractivity contribution < 1.29 is 18.7 Å². The number of aromatic nitrogens is 3. The van der Waals surface area contributed by atoms with E-state index in [4.69, 9.17) is 0 Å². The number of amides is 1. The highest BCUT2D eigenvalue weighted by molar-refractivity contribution is 7.14. The van der Waals surface area contributed by atoms with Crippen LogP contribution in [0.4, 0.5) is 8.78 Å². The predicted molar refractivity (Wildman–Crippen MR) is 118 cm³/mol. The summed E-state index contributed by atoms with van der Waals surface area (Å²) in [6, 6.07) is 3.39. The summed E-state index contributed by atoms with van der Waals surface area (Å²) in [6.07, 6.45) is 4.08. The predicted octanol–water partition coefficient (Wildman–Crippen LogP) is 2.86. The average molecular weight is 474 g/mol. The average Bonchev–Trinajstić information content (AvgIpc) is 3.24. The van der Waals surface area contributed by atoms with Crippen LogP contribution in [0.25, 0.3) is 10.6 Å². The van der Waals surface area contributed by atoms with Gasteiger partial charge < -0.3 is 10.0 Å². The summed E-state index contributed by atoms with van der Waals surface area (Å²) in [6.45, 7) is 2.04. The van der Waals surface area contributed by atoms with Crippen LogP contribution in [-0.4, -0.2) is 50.0 Å². The number of carbonyl (C=O) groups is 1. The normalized spacial score (nSPS) is 20.1. The van der Waals surface area contributed by atoms with Gasteiger partial charge >= 0.3 is 0 Å². The SMILES string of the molecule is C[C@@H]1CCC[C@H]2N(C)C(=O)c3c(O)c(=O)c(-c4nnc(Cc5ccc(F)cc5F)s4)cn3N12. The van der Waals surface area contributed by atoms with Crippen molar-refractivity contribution in [2.24, 2.45) is 0 Å². The second-order valence-electron chi connectivity index (χ2n) is 8.38. The minimum atomic E-state index is -0.721. The van der Waals surface area contributed by atoms with Gasteiger partial charge in [-0.3, -0.25) is 19.3 Å². The Bertz CT molecular complexity index is 1320. The monoisotopic (exact) mass is 473 g/mol. The first-order chi connectivity index (χ1) is 15.8. The van der Waals surface area contributed by atoms with E-state index in [0.29, 0.717) is 5.01 Å². The Hall–Kier alpha value is -3.34. The van der Waals surface area contributed by atoms with Crippen molar-refractivity contribution in [2.45, 2.75) is 44.8 Å². The minimum absolute atomic E-state index is 0.0747. The standard InChI is InChI=1S/C22H21F2N5O3S/c1-11-4-3-5-17-27(2)22(32)18-20(31)19(30)14(10-28(18)29(11)17)21-26-25-16(33-21)8-12-6-7-13(23)9-15(12)24/h6-7,9-11,17,31H,3-5,8H2,1-2H3/t11-,17+/m1/s1. The smallest absolute Gasteiger partial charge is 0.277 e. The second kappa shape index (κ2) is 7.91. The van der Waals surface area contributed by atoms with Crippen LogP contribution in [0.15, 0.2) is 29.2 Å². The van der Waals surface area contributed by atoms with Crippen molar-refractivity contribution in [3.8, 4) is 16.3 Å². The number of benzene rings is 1.